The van der Waals surface area contributed by atoms with Gasteiger partial charge in [0.25, 0.3) is 0 Å². The molecule has 14 heteroatoms. The van der Waals surface area contributed by atoms with E-state index in [-0.39, 0.29) is 22.4 Å². The first-order chi connectivity index (χ1) is 11.4. The first kappa shape index (κ1) is 28.7. The molecular weight excluding hydrogens is 489 g/mol. The second-order valence-corrected chi connectivity index (χ2v) is 6.82. The molecule has 1 saturated heterocycles. The maximum absolute atomic E-state index is 10.7. The van der Waals surface area contributed by atoms with Gasteiger partial charge in [0.05, 0.1) is 52.9 Å². The van der Waals surface area contributed by atoms with Crippen LogP contribution in [0, 0.1) is 0 Å². The summed E-state index contributed by atoms with van der Waals surface area (Å²) >= 11 is 0. The molecule has 1 aliphatic rings. The SMILES string of the molecule is C1COCCOCCNCCOCCOCCN1.F[P-](F)(F)(F)(F)F.[Ag+]. The summed E-state index contributed by atoms with van der Waals surface area (Å²) in [5.41, 5.74) is 0. The molecule has 26 heavy (non-hydrogen) atoms. The standard InChI is InChI=1S/C12H26N2O4.Ag.F6P/c1-5-15-9-10-17-7-3-14-4-8-18-12-11-16-6-2-13-1;;1-7(2,3,4,5)6/h13-14H,1-12H2;;/q;+1;-1. The van der Waals surface area contributed by atoms with Gasteiger partial charge in [-0.3, -0.25) is 0 Å². The zero-order chi connectivity index (χ0) is 19.1. The zero-order valence-electron chi connectivity index (χ0n) is 14.1. The van der Waals surface area contributed by atoms with Gasteiger partial charge in [0.15, 0.2) is 0 Å². The molecule has 1 aliphatic heterocycles. The summed E-state index contributed by atoms with van der Waals surface area (Å²) in [5, 5.41) is 6.50. The normalized spacial score (nSPS) is 22.8. The maximum atomic E-state index is 9.87. The topological polar surface area (TPSA) is 61.0 Å². The molecule has 166 valence electrons. The molecule has 0 aromatic carbocycles. The minimum atomic E-state index is -10.7. The van der Waals surface area contributed by atoms with E-state index in [0.29, 0.717) is 52.9 Å². The van der Waals surface area contributed by atoms with Crippen molar-refractivity contribution in [1.29, 1.82) is 0 Å². The number of ether oxygens (including phenoxy) is 4. The Bertz CT molecular complexity index is 253. The van der Waals surface area contributed by atoms with Crippen LogP contribution in [0.2, 0.25) is 0 Å². The Labute approximate surface area is 164 Å². The molecule has 1 fully saturated rings. The molecule has 1 rings (SSSR count). The van der Waals surface area contributed by atoms with Gasteiger partial charge in [-0.2, -0.15) is 0 Å². The summed E-state index contributed by atoms with van der Waals surface area (Å²) in [4.78, 5) is 0. The van der Waals surface area contributed by atoms with E-state index in [2.05, 4.69) is 10.6 Å². The van der Waals surface area contributed by atoms with E-state index < -0.39 is 7.81 Å². The van der Waals surface area contributed by atoms with Crippen LogP contribution in [0.3, 0.4) is 0 Å². The van der Waals surface area contributed by atoms with E-state index in [1.165, 1.54) is 0 Å². The van der Waals surface area contributed by atoms with Crippen LogP contribution in [0.1, 0.15) is 0 Å². The third kappa shape index (κ3) is 39.5. The molecular formula is C12H26AgF6N2O4P. The molecule has 0 aliphatic carbocycles. The van der Waals surface area contributed by atoms with Gasteiger partial charge in [-0.15, -0.1) is 0 Å². The van der Waals surface area contributed by atoms with E-state index in [1.54, 1.807) is 0 Å². The maximum Gasteiger partial charge on any atom is 1.00 e. The van der Waals surface area contributed by atoms with Gasteiger partial charge in [-0.1, -0.05) is 0 Å². The number of hydrogen-bond acceptors (Lipinski definition) is 6. The number of hydrogen-bond donors (Lipinski definition) is 2. The zero-order valence-corrected chi connectivity index (χ0v) is 16.5. The monoisotopic (exact) mass is 514 g/mol. The quantitative estimate of drug-likeness (QED) is 0.294. The Balaban J connectivity index is 0. The Morgan fingerprint density at radius 2 is 0.654 bits per heavy atom. The van der Waals surface area contributed by atoms with E-state index >= 15 is 0 Å². The van der Waals surface area contributed by atoms with Crippen LogP contribution in [-0.2, 0) is 41.3 Å². The van der Waals surface area contributed by atoms with E-state index in [9.17, 15) is 25.2 Å². The molecule has 0 saturated carbocycles. The van der Waals surface area contributed by atoms with Gasteiger partial charge in [0.2, 0.25) is 0 Å². The first-order valence-corrected chi connectivity index (χ1v) is 9.77. The van der Waals surface area contributed by atoms with Gasteiger partial charge in [0.1, 0.15) is 0 Å². The van der Waals surface area contributed by atoms with Crippen molar-refractivity contribution in [2.45, 2.75) is 0 Å². The molecule has 1 heterocycles. The van der Waals surface area contributed by atoms with E-state index in [1.807, 2.05) is 0 Å². The van der Waals surface area contributed by atoms with Crippen LogP contribution < -0.4 is 10.6 Å². The van der Waals surface area contributed by atoms with Crippen molar-refractivity contribution < 1.29 is 66.5 Å². The van der Waals surface area contributed by atoms with Crippen LogP contribution in [0.15, 0.2) is 0 Å². The number of nitrogens with one attached hydrogen (secondary N) is 2. The van der Waals surface area contributed by atoms with Crippen molar-refractivity contribution in [2.24, 2.45) is 0 Å². The largest absolute Gasteiger partial charge is 1.00 e. The second-order valence-electron chi connectivity index (χ2n) is 4.91. The van der Waals surface area contributed by atoms with Gasteiger partial charge in [-0.05, 0) is 0 Å². The number of rotatable bonds is 0. The summed E-state index contributed by atoms with van der Waals surface area (Å²) in [6.45, 7) is 8.86. The minimum Gasteiger partial charge on any atom is 1.00 e. The molecule has 0 amide bonds. The second kappa shape index (κ2) is 13.6. The Morgan fingerprint density at radius 1 is 0.462 bits per heavy atom. The van der Waals surface area contributed by atoms with Gasteiger partial charge in [-0.25, -0.2) is 0 Å². The summed E-state index contributed by atoms with van der Waals surface area (Å²) < 4.78 is 80.8. The summed E-state index contributed by atoms with van der Waals surface area (Å²) in [7, 11) is -10.7. The Hall–Kier alpha value is 0.510. The van der Waals surface area contributed by atoms with Gasteiger partial charge < -0.3 is 29.6 Å². The molecule has 0 bridgehead atoms. The van der Waals surface area contributed by atoms with Crippen LogP contribution in [-0.4, -0.2) is 79.0 Å². The fraction of sp³-hybridized carbons (Fsp3) is 1.00. The van der Waals surface area contributed by atoms with E-state index in [4.69, 9.17) is 18.9 Å². The molecule has 6 nitrogen and oxygen atoms in total. The molecule has 2 N–H and O–H groups in total. The molecule has 0 radical (unpaired) electrons. The summed E-state index contributed by atoms with van der Waals surface area (Å²) in [6.07, 6.45) is 0. The average molecular weight is 515 g/mol. The molecule has 0 unspecified atom stereocenters. The fourth-order valence-electron chi connectivity index (χ4n) is 1.47. The van der Waals surface area contributed by atoms with Crippen molar-refractivity contribution in [3.63, 3.8) is 0 Å². The van der Waals surface area contributed by atoms with Crippen molar-refractivity contribution in [1.82, 2.24) is 10.6 Å². The predicted octanol–water partition coefficient (Wildman–Crippen LogP) is 2.63. The smallest absolute Gasteiger partial charge is 1.00 e. The third-order valence-corrected chi connectivity index (χ3v) is 2.44. The third-order valence-electron chi connectivity index (χ3n) is 2.44. The molecule has 0 aromatic heterocycles. The van der Waals surface area contributed by atoms with Crippen molar-refractivity contribution in [2.75, 3.05) is 79.0 Å². The fourth-order valence-corrected chi connectivity index (χ4v) is 1.47. The minimum absolute atomic E-state index is 0. The Kier molecular flexibility index (Phi) is 15.1. The van der Waals surface area contributed by atoms with Crippen LogP contribution in [0.5, 0.6) is 0 Å². The van der Waals surface area contributed by atoms with Gasteiger partial charge in [0, 0.05) is 26.2 Å². The van der Waals surface area contributed by atoms with Crippen molar-refractivity contribution >= 4 is 7.81 Å². The van der Waals surface area contributed by atoms with Crippen LogP contribution in [0.25, 0.3) is 0 Å². The van der Waals surface area contributed by atoms with Crippen molar-refractivity contribution in [3.05, 3.63) is 0 Å². The summed E-state index contributed by atoms with van der Waals surface area (Å²) in [6, 6.07) is 0. The molecule has 0 aromatic rings. The van der Waals surface area contributed by atoms with E-state index in [0.717, 1.165) is 26.2 Å². The Morgan fingerprint density at radius 3 is 0.846 bits per heavy atom. The average Bonchev–Trinajstić information content (AvgIpc) is 2.44. The van der Waals surface area contributed by atoms with Crippen LogP contribution >= 0.6 is 7.81 Å². The molecule has 0 atom stereocenters. The molecule has 0 spiro atoms. The first-order valence-electron chi connectivity index (χ1n) is 7.74. The predicted molar refractivity (Wildman–Crippen MR) is 82.6 cm³/mol. The van der Waals surface area contributed by atoms with Crippen LogP contribution in [0.4, 0.5) is 25.2 Å². The summed E-state index contributed by atoms with van der Waals surface area (Å²) in [5.74, 6) is 0. The van der Waals surface area contributed by atoms with Gasteiger partial charge >= 0.3 is 55.4 Å². The van der Waals surface area contributed by atoms with Crippen molar-refractivity contribution in [3.8, 4) is 0 Å². The number of halogens is 6.